The molecule has 214 valence electrons. The van der Waals surface area contributed by atoms with Crippen molar-refractivity contribution in [3.05, 3.63) is 111 Å². The average Bonchev–Trinajstić information content (AvgIpc) is 3.50. The fraction of sp³-hybridized carbons (Fsp3) is 0.212. The number of nitrogens with zero attached hydrogens (tertiary/aromatic N) is 1. The van der Waals surface area contributed by atoms with Gasteiger partial charge in [-0.3, -0.25) is 14.5 Å². The van der Waals surface area contributed by atoms with Crippen molar-refractivity contribution >= 4 is 34.4 Å². The molecular weight excluding hydrogens is 555 g/mol. The monoisotopic (exact) mass is 584 g/mol. The van der Waals surface area contributed by atoms with Crippen LogP contribution in [0.4, 0.5) is 15.8 Å². The summed E-state index contributed by atoms with van der Waals surface area (Å²) in [5.41, 5.74) is 3.86. The first kappa shape index (κ1) is 27.5. The highest BCUT2D eigenvalue weighted by atomic mass is 32.1. The van der Waals surface area contributed by atoms with Gasteiger partial charge >= 0.3 is 0 Å². The van der Waals surface area contributed by atoms with Crippen LogP contribution in [0.25, 0.3) is 0 Å². The lowest BCUT2D eigenvalue weighted by Gasteiger charge is -2.34. The van der Waals surface area contributed by atoms with Crippen LogP contribution in [0.1, 0.15) is 45.6 Å². The minimum absolute atomic E-state index is 0.0630. The maximum Gasteiger partial charge on any atom is 0.259 e. The van der Waals surface area contributed by atoms with E-state index in [-0.39, 0.29) is 29.8 Å². The number of Topliss-reactive ketones (excluding diaryl/α,β-unsaturated/α-hetero) is 1. The number of hydrogen-bond acceptors (Lipinski definition) is 7. The highest BCUT2D eigenvalue weighted by Gasteiger charge is 2.42. The molecule has 6 rings (SSSR count). The van der Waals surface area contributed by atoms with Crippen molar-refractivity contribution in [1.82, 2.24) is 0 Å². The smallest absolute Gasteiger partial charge is 0.259 e. The normalized spacial score (nSPS) is 18.0. The number of ether oxygens (including phenoxy) is 3. The lowest BCUT2D eigenvalue weighted by Crippen LogP contribution is -2.38. The molecule has 9 heteroatoms. The van der Waals surface area contributed by atoms with Gasteiger partial charge in [-0.25, -0.2) is 4.39 Å². The molecule has 0 unspecified atom stereocenters. The number of hydrogen-bond donors (Lipinski definition) is 1. The van der Waals surface area contributed by atoms with Gasteiger partial charge in [0.25, 0.3) is 5.91 Å². The van der Waals surface area contributed by atoms with Crippen LogP contribution in [0.15, 0.2) is 89.4 Å². The van der Waals surface area contributed by atoms with Crippen molar-refractivity contribution in [1.29, 1.82) is 0 Å². The predicted octanol–water partition coefficient (Wildman–Crippen LogP) is 7.13. The molecule has 7 nitrogen and oxygen atoms in total. The largest absolute Gasteiger partial charge is 0.493 e. The highest BCUT2D eigenvalue weighted by molar-refractivity contribution is 7.10. The zero-order valence-electron chi connectivity index (χ0n) is 23.3. The molecule has 0 saturated heterocycles. The van der Waals surface area contributed by atoms with Gasteiger partial charge < -0.3 is 19.5 Å². The minimum Gasteiger partial charge on any atom is -0.493 e. The molecule has 1 aliphatic heterocycles. The number of para-hydroxylation sites is 2. The number of amides is 1. The van der Waals surface area contributed by atoms with E-state index < -0.39 is 6.04 Å². The van der Waals surface area contributed by atoms with Crippen LogP contribution < -0.4 is 24.4 Å². The molecule has 0 fully saturated rings. The summed E-state index contributed by atoms with van der Waals surface area (Å²) in [6.45, 7) is 0. The first-order valence-electron chi connectivity index (χ1n) is 13.5. The van der Waals surface area contributed by atoms with Gasteiger partial charge in [0.2, 0.25) is 5.75 Å². The number of halogens is 1. The van der Waals surface area contributed by atoms with E-state index in [4.69, 9.17) is 14.2 Å². The number of rotatable bonds is 6. The highest BCUT2D eigenvalue weighted by Crippen LogP contribution is 2.49. The van der Waals surface area contributed by atoms with Crippen molar-refractivity contribution in [2.24, 2.45) is 0 Å². The van der Waals surface area contributed by atoms with E-state index in [9.17, 15) is 14.0 Å². The lowest BCUT2D eigenvalue weighted by molar-refractivity contribution is -0.116. The first-order valence-corrected chi connectivity index (χ1v) is 14.4. The van der Waals surface area contributed by atoms with Crippen LogP contribution in [0.2, 0.25) is 0 Å². The van der Waals surface area contributed by atoms with Crippen LogP contribution in [0, 0.1) is 5.82 Å². The second kappa shape index (κ2) is 11.3. The zero-order chi connectivity index (χ0) is 29.4. The minimum atomic E-state index is -0.676. The molecule has 3 aromatic carbocycles. The van der Waals surface area contributed by atoms with Crippen LogP contribution in [-0.2, 0) is 4.79 Å². The maximum atomic E-state index is 14.6. The van der Waals surface area contributed by atoms with Gasteiger partial charge in [0.1, 0.15) is 11.9 Å². The van der Waals surface area contributed by atoms with Gasteiger partial charge in [0.15, 0.2) is 17.3 Å². The van der Waals surface area contributed by atoms with Crippen molar-refractivity contribution in [3.8, 4) is 17.2 Å². The Morgan fingerprint density at radius 2 is 1.64 bits per heavy atom. The Bertz CT molecular complexity index is 1660. The number of benzene rings is 3. The standard InChI is InChI=1S/C33H29FN2O5S/c1-39-27-17-21(18-28(40-2)32(27)41-3)33(38)36-25-8-5-4-7-23(25)35-24-15-20(19-10-12-22(34)13-11-19)16-26(37)30(24)31(36)29-9-6-14-42-29/h4-14,17-18,20,31,35H,15-16H2,1-3H3/t20-,31-/m1/s1. The van der Waals surface area contributed by atoms with E-state index >= 15 is 0 Å². The molecule has 0 spiro atoms. The molecule has 1 N–H and O–H groups in total. The summed E-state index contributed by atoms with van der Waals surface area (Å²) in [6, 6.07) is 20.3. The van der Waals surface area contributed by atoms with Crippen LogP contribution in [-0.4, -0.2) is 33.0 Å². The summed E-state index contributed by atoms with van der Waals surface area (Å²) in [4.78, 5) is 31.3. The molecule has 1 aliphatic carbocycles. The van der Waals surface area contributed by atoms with Gasteiger partial charge in [-0.1, -0.05) is 30.3 Å². The number of ketones is 1. The third kappa shape index (κ3) is 4.79. The van der Waals surface area contributed by atoms with E-state index in [1.54, 1.807) is 29.2 Å². The Kier molecular flexibility index (Phi) is 7.43. The molecule has 4 aromatic rings. The third-order valence-corrected chi connectivity index (χ3v) is 8.70. The van der Waals surface area contributed by atoms with Crippen LogP contribution in [0.5, 0.6) is 17.2 Å². The third-order valence-electron chi connectivity index (χ3n) is 7.77. The molecule has 42 heavy (non-hydrogen) atoms. The first-order chi connectivity index (χ1) is 20.4. The van der Waals surface area contributed by atoms with E-state index in [2.05, 4.69) is 5.32 Å². The van der Waals surface area contributed by atoms with Gasteiger partial charge in [0, 0.05) is 28.1 Å². The molecule has 1 amide bonds. The summed E-state index contributed by atoms with van der Waals surface area (Å²) in [5.74, 6) is 0.244. The number of anilines is 2. The average molecular weight is 585 g/mol. The number of thiophene rings is 1. The summed E-state index contributed by atoms with van der Waals surface area (Å²) in [5, 5.41) is 5.46. The SMILES string of the molecule is COc1cc(C(=O)N2c3ccccc3NC3=C(C(=O)C[C@H](c4ccc(F)cc4)C3)[C@H]2c2cccs2)cc(OC)c1OC. The molecule has 0 saturated carbocycles. The second-order valence-corrected chi connectivity index (χ2v) is 11.1. The number of allylic oxidation sites excluding steroid dienone is 1. The van der Waals surface area contributed by atoms with Crippen LogP contribution >= 0.6 is 11.3 Å². The fourth-order valence-electron chi connectivity index (χ4n) is 5.84. The molecule has 2 aliphatic rings. The number of carbonyl (C=O) groups is 2. The number of nitrogens with one attached hydrogen (secondary N) is 1. The Labute approximate surface area is 247 Å². The molecule has 2 heterocycles. The fourth-order valence-corrected chi connectivity index (χ4v) is 6.67. The maximum absolute atomic E-state index is 14.6. The van der Waals surface area contributed by atoms with E-state index in [0.29, 0.717) is 46.2 Å². The Hall–Kier alpha value is -4.63. The van der Waals surface area contributed by atoms with Crippen molar-refractivity contribution in [2.75, 3.05) is 31.5 Å². The van der Waals surface area contributed by atoms with E-state index in [1.165, 1.54) is 44.8 Å². The summed E-state index contributed by atoms with van der Waals surface area (Å²) in [6.07, 6.45) is 0.783. The van der Waals surface area contributed by atoms with Crippen molar-refractivity contribution < 1.29 is 28.2 Å². The lowest BCUT2D eigenvalue weighted by atomic mass is 9.79. The molecule has 0 bridgehead atoms. The Morgan fingerprint density at radius 3 is 2.29 bits per heavy atom. The Morgan fingerprint density at radius 1 is 0.929 bits per heavy atom. The van der Waals surface area contributed by atoms with Crippen molar-refractivity contribution in [2.45, 2.75) is 24.8 Å². The number of methoxy groups -OCH3 is 3. The van der Waals surface area contributed by atoms with E-state index in [1.807, 2.05) is 41.8 Å². The van der Waals surface area contributed by atoms with Crippen LogP contribution in [0.3, 0.4) is 0 Å². The van der Waals surface area contributed by atoms with Gasteiger partial charge in [-0.15, -0.1) is 11.3 Å². The summed E-state index contributed by atoms with van der Waals surface area (Å²) >= 11 is 1.49. The summed E-state index contributed by atoms with van der Waals surface area (Å²) < 4.78 is 30.2. The quantitative estimate of drug-likeness (QED) is 0.260. The topological polar surface area (TPSA) is 77.1 Å². The molecule has 1 aromatic heterocycles. The Balaban J connectivity index is 1.53. The summed E-state index contributed by atoms with van der Waals surface area (Å²) in [7, 11) is 4.51. The predicted molar refractivity (Wildman–Crippen MR) is 160 cm³/mol. The number of fused-ring (bicyclic) bond motifs is 1. The molecule has 2 atom stereocenters. The van der Waals surface area contributed by atoms with Gasteiger partial charge in [-0.05, 0) is 65.7 Å². The van der Waals surface area contributed by atoms with Crippen molar-refractivity contribution in [3.63, 3.8) is 0 Å². The number of carbonyl (C=O) groups excluding carboxylic acids is 2. The van der Waals surface area contributed by atoms with E-state index in [0.717, 1.165) is 16.1 Å². The zero-order valence-corrected chi connectivity index (χ0v) is 24.2. The van der Waals surface area contributed by atoms with Gasteiger partial charge in [0.05, 0.1) is 32.7 Å². The molecule has 0 radical (unpaired) electrons. The van der Waals surface area contributed by atoms with Gasteiger partial charge in [-0.2, -0.15) is 0 Å². The molecular formula is C33H29FN2O5S. The second-order valence-electron chi connectivity index (χ2n) is 10.1.